The molecule has 2 aliphatic heterocycles. The maximum Gasteiger partial charge on any atom is 0.336 e. The largest absolute Gasteiger partial charge is 0.459 e. The van der Waals surface area contributed by atoms with Crippen LogP contribution in [0.25, 0.3) is 0 Å². The fourth-order valence-corrected chi connectivity index (χ4v) is 7.48. The first-order valence-electron chi connectivity index (χ1n) is 19.7. The van der Waals surface area contributed by atoms with E-state index in [2.05, 4.69) is 0 Å². The second-order valence-electron chi connectivity index (χ2n) is 19.3. The fraction of sp³-hybridized carbons (Fsp3) is 0.825. The minimum absolute atomic E-state index is 0.0217. The molecule has 0 aromatic carbocycles. The Bertz CT molecular complexity index is 1370. The van der Waals surface area contributed by atoms with E-state index in [9.17, 15) is 33.6 Å². The van der Waals surface area contributed by atoms with E-state index in [1.54, 1.807) is 88.0 Å². The topological polar surface area (TPSA) is 179 Å². The monoisotopic (exact) mass is 794 g/mol. The summed E-state index contributed by atoms with van der Waals surface area (Å²) in [6, 6.07) is 0. The van der Waals surface area contributed by atoms with E-state index in [1.165, 1.54) is 0 Å². The van der Waals surface area contributed by atoms with Crippen molar-refractivity contribution in [1.29, 1.82) is 0 Å². The molecule has 56 heavy (non-hydrogen) atoms. The highest BCUT2D eigenvalue weighted by Gasteiger charge is 2.51. The van der Waals surface area contributed by atoms with Crippen molar-refractivity contribution >= 4 is 41.7 Å². The lowest BCUT2D eigenvalue weighted by Crippen LogP contribution is -2.66. The van der Waals surface area contributed by atoms with E-state index in [-0.39, 0.29) is 58.0 Å². The molecule has 3 fully saturated rings. The standard InChI is InChI=1S/C40H66N4O12/c1-36(2,3)52-31(47)21-41-19-20-42(22-32(48)53-37(4,5)6)26-40(25-41,43(23-33(49)54-38(7,8)9)24-34(50)55-39(10,11)12)28-15-13-27(14-16-28)35(51)56-44-29(45)17-18-30(44)46/h27-28H,13-26H2,1-12H3. The number of nitrogens with zero attached hydrogens (tertiary/aromatic N) is 4. The molecule has 0 aromatic rings. The van der Waals surface area contributed by atoms with Gasteiger partial charge in [0.15, 0.2) is 0 Å². The zero-order chi connectivity index (χ0) is 42.4. The molecule has 0 N–H and O–H groups in total. The third-order valence-corrected chi connectivity index (χ3v) is 9.39. The summed E-state index contributed by atoms with van der Waals surface area (Å²) in [4.78, 5) is 103. The SMILES string of the molecule is CC(C)(C)OC(=O)CN1CCN(CC(=O)OC(C)(C)C)CC(C2CCC(C(=O)ON3C(=O)CCC3=O)CC2)(N(CC(=O)OC(C)(C)C)CC(=O)OC(C)(C)C)C1. The molecule has 3 rings (SSSR count). The van der Waals surface area contributed by atoms with Gasteiger partial charge in [-0.25, -0.2) is 4.79 Å². The van der Waals surface area contributed by atoms with Crippen LogP contribution in [0.1, 0.15) is 122 Å². The Morgan fingerprint density at radius 2 is 0.946 bits per heavy atom. The van der Waals surface area contributed by atoms with Gasteiger partial charge in [-0.2, -0.15) is 0 Å². The Hall–Kier alpha value is -3.63. The first-order chi connectivity index (χ1) is 25.5. The summed E-state index contributed by atoms with van der Waals surface area (Å²) in [6.45, 7) is 21.4. The highest BCUT2D eigenvalue weighted by atomic mass is 16.7. The Morgan fingerprint density at radius 1 is 0.589 bits per heavy atom. The van der Waals surface area contributed by atoms with Crippen molar-refractivity contribution in [2.45, 2.75) is 150 Å². The van der Waals surface area contributed by atoms with Gasteiger partial charge in [-0.1, -0.05) is 0 Å². The number of carbonyl (C=O) groups is 7. The molecule has 16 heteroatoms. The lowest BCUT2D eigenvalue weighted by atomic mass is 9.70. The van der Waals surface area contributed by atoms with Gasteiger partial charge in [0.25, 0.3) is 11.8 Å². The van der Waals surface area contributed by atoms with Crippen molar-refractivity contribution < 1.29 is 57.3 Å². The van der Waals surface area contributed by atoms with Crippen LogP contribution in [0, 0.1) is 11.8 Å². The second kappa shape index (κ2) is 18.3. The van der Waals surface area contributed by atoms with E-state index >= 15 is 0 Å². The van der Waals surface area contributed by atoms with Gasteiger partial charge in [-0.3, -0.25) is 43.5 Å². The van der Waals surface area contributed by atoms with Gasteiger partial charge in [0.1, 0.15) is 22.4 Å². The molecule has 2 amide bonds. The van der Waals surface area contributed by atoms with Gasteiger partial charge < -0.3 is 23.8 Å². The van der Waals surface area contributed by atoms with E-state index < -0.39 is 75.5 Å². The number of hydroxylamine groups is 2. The number of rotatable bonds is 12. The van der Waals surface area contributed by atoms with Crippen LogP contribution in [0.4, 0.5) is 0 Å². The molecule has 1 aliphatic carbocycles. The summed E-state index contributed by atoms with van der Waals surface area (Å²) in [5, 5.41) is 0.549. The van der Waals surface area contributed by atoms with Crippen molar-refractivity contribution in [2.75, 3.05) is 52.4 Å². The summed E-state index contributed by atoms with van der Waals surface area (Å²) in [7, 11) is 0. The molecular weight excluding hydrogens is 728 g/mol. The lowest BCUT2D eigenvalue weighted by molar-refractivity contribution is -0.201. The number of amides is 2. The van der Waals surface area contributed by atoms with Crippen molar-refractivity contribution in [3.63, 3.8) is 0 Å². The van der Waals surface area contributed by atoms with Gasteiger partial charge >= 0.3 is 29.8 Å². The molecule has 0 spiro atoms. The first kappa shape index (κ1) is 46.8. The van der Waals surface area contributed by atoms with Gasteiger partial charge in [0, 0.05) is 39.0 Å². The predicted octanol–water partition coefficient (Wildman–Crippen LogP) is 3.43. The number of hydrogen-bond donors (Lipinski definition) is 0. The molecule has 16 nitrogen and oxygen atoms in total. The summed E-state index contributed by atoms with van der Waals surface area (Å²) >= 11 is 0. The Morgan fingerprint density at radius 3 is 1.30 bits per heavy atom. The minimum Gasteiger partial charge on any atom is -0.459 e. The van der Waals surface area contributed by atoms with Crippen LogP contribution < -0.4 is 0 Å². The first-order valence-corrected chi connectivity index (χ1v) is 19.7. The van der Waals surface area contributed by atoms with Crippen LogP contribution in [-0.2, 0) is 57.3 Å². The molecule has 0 unspecified atom stereocenters. The average Bonchev–Trinajstić information content (AvgIpc) is 3.19. The Kier molecular flexibility index (Phi) is 15.3. The predicted molar refractivity (Wildman–Crippen MR) is 203 cm³/mol. The summed E-state index contributed by atoms with van der Waals surface area (Å²) in [5.74, 6) is -4.85. The molecule has 1 saturated carbocycles. The zero-order valence-corrected chi connectivity index (χ0v) is 35.7. The van der Waals surface area contributed by atoms with E-state index in [1.807, 2.05) is 9.80 Å². The molecule has 2 heterocycles. The van der Waals surface area contributed by atoms with Crippen molar-refractivity contribution in [1.82, 2.24) is 19.8 Å². The number of hydrogen-bond acceptors (Lipinski definition) is 15. The number of esters is 4. The van der Waals surface area contributed by atoms with Crippen molar-refractivity contribution in [2.24, 2.45) is 11.8 Å². The molecule has 0 bridgehead atoms. The molecule has 2 saturated heterocycles. The number of ether oxygens (including phenoxy) is 4. The molecular formula is C40H66N4O12. The molecule has 3 aliphatic rings. The maximum absolute atomic E-state index is 13.8. The van der Waals surface area contributed by atoms with E-state index in [0.717, 1.165) is 0 Å². The molecule has 0 aromatic heterocycles. The van der Waals surface area contributed by atoms with Crippen LogP contribution in [0.3, 0.4) is 0 Å². The van der Waals surface area contributed by atoms with Crippen LogP contribution in [0.2, 0.25) is 0 Å². The van der Waals surface area contributed by atoms with Crippen molar-refractivity contribution in [3.05, 3.63) is 0 Å². The fourth-order valence-electron chi connectivity index (χ4n) is 7.48. The van der Waals surface area contributed by atoms with E-state index in [0.29, 0.717) is 43.8 Å². The van der Waals surface area contributed by atoms with Crippen LogP contribution in [0.5, 0.6) is 0 Å². The average molecular weight is 795 g/mol. The smallest absolute Gasteiger partial charge is 0.336 e. The minimum atomic E-state index is -1.11. The third kappa shape index (κ3) is 15.0. The van der Waals surface area contributed by atoms with Gasteiger partial charge in [0.05, 0.1) is 37.6 Å². The van der Waals surface area contributed by atoms with Crippen LogP contribution >= 0.6 is 0 Å². The Balaban J connectivity index is 2.13. The third-order valence-electron chi connectivity index (χ3n) is 9.39. The molecule has 318 valence electrons. The van der Waals surface area contributed by atoms with Gasteiger partial charge in [-0.15, -0.1) is 5.06 Å². The maximum atomic E-state index is 13.8. The van der Waals surface area contributed by atoms with Gasteiger partial charge in [-0.05, 0) is 115 Å². The summed E-state index contributed by atoms with van der Waals surface area (Å²) in [6.07, 6.45) is 1.39. The van der Waals surface area contributed by atoms with Crippen LogP contribution in [-0.4, -0.2) is 142 Å². The number of carbonyl (C=O) groups excluding carboxylic acids is 7. The second-order valence-corrected chi connectivity index (χ2v) is 19.3. The summed E-state index contributed by atoms with van der Waals surface area (Å²) in [5.41, 5.74) is -4.29. The molecule has 0 radical (unpaired) electrons. The zero-order valence-electron chi connectivity index (χ0n) is 35.7. The van der Waals surface area contributed by atoms with E-state index in [4.69, 9.17) is 23.8 Å². The lowest BCUT2D eigenvalue weighted by Gasteiger charge is -2.52. The highest BCUT2D eigenvalue weighted by molar-refractivity contribution is 6.01. The quantitative estimate of drug-likeness (QED) is 0.159. The molecule has 0 atom stereocenters. The van der Waals surface area contributed by atoms with Crippen molar-refractivity contribution in [3.8, 4) is 0 Å². The van der Waals surface area contributed by atoms with Crippen LogP contribution in [0.15, 0.2) is 0 Å². The highest BCUT2D eigenvalue weighted by Crippen LogP contribution is 2.42. The summed E-state index contributed by atoms with van der Waals surface area (Å²) < 4.78 is 23.0. The normalized spacial score (nSPS) is 21.7. The van der Waals surface area contributed by atoms with Gasteiger partial charge in [0.2, 0.25) is 0 Å². The number of imide groups is 1. The Labute approximate surface area is 332 Å².